The van der Waals surface area contributed by atoms with Crippen LogP contribution >= 0.6 is 0 Å². The summed E-state index contributed by atoms with van der Waals surface area (Å²) in [5.74, 6) is 0.823. The van der Waals surface area contributed by atoms with Crippen LogP contribution in [-0.4, -0.2) is 41.3 Å². The van der Waals surface area contributed by atoms with Gasteiger partial charge in [-0.1, -0.05) is 6.92 Å². The van der Waals surface area contributed by atoms with Gasteiger partial charge in [0.05, 0.1) is 5.60 Å². The van der Waals surface area contributed by atoms with E-state index in [0.717, 1.165) is 12.5 Å². The average molecular weight is 200 g/mol. The Labute approximate surface area is 87.3 Å². The fraction of sp³-hybridized carbons (Fsp3) is 1.00. The van der Waals surface area contributed by atoms with Gasteiger partial charge in [0.25, 0.3) is 0 Å². The highest BCUT2D eigenvalue weighted by Crippen LogP contribution is 2.23. The minimum absolute atomic E-state index is 0.339. The van der Waals surface area contributed by atoms with Gasteiger partial charge in [0, 0.05) is 19.1 Å². The molecule has 1 fully saturated rings. The molecule has 1 saturated heterocycles. The van der Waals surface area contributed by atoms with Crippen LogP contribution < -0.4 is 5.73 Å². The molecule has 3 heteroatoms. The second-order valence-corrected chi connectivity index (χ2v) is 5.15. The summed E-state index contributed by atoms with van der Waals surface area (Å²) in [4.78, 5) is 2.35. The van der Waals surface area contributed by atoms with Crippen molar-refractivity contribution in [2.45, 2.75) is 45.3 Å². The molecule has 3 N–H and O–H groups in total. The highest BCUT2D eigenvalue weighted by Gasteiger charge is 2.28. The first-order valence-corrected chi connectivity index (χ1v) is 5.61. The van der Waals surface area contributed by atoms with Crippen LogP contribution in [0.5, 0.6) is 0 Å². The van der Waals surface area contributed by atoms with Gasteiger partial charge in [-0.25, -0.2) is 0 Å². The SMILES string of the molecule is CC1CCN(CC(C)(O)CN)C(C)C1. The quantitative estimate of drug-likeness (QED) is 0.709. The van der Waals surface area contributed by atoms with Gasteiger partial charge in [-0.05, 0) is 39.2 Å². The Bertz CT molecular complexity index is 182. The van der Waals surface area contributed by atoms with E-state index in [1.165, 1.54) is 12.8 Å². The molecule has 0 spiro atoms. The molecule has 1 rings (SSSR count). The highest BCUT2D eigenvalue weighted by molar-refractivity contribution is 4.84. The first kappa shape index (κ1) is 12.0. The molecular weight excluding hydrogens is 176 g/mol. The molecule has 1 heterocycles. The van der Waals surface area contributed by atoms with E-state index in [2.05, 4.69) is 18.7 Å². The Balaban J connectivity index is 2.45. The Morgan fingerprint density at radius 1 is 1.50 bits per heavy atom. The highest BCUT2D eigenvalue weighted by atomic mass is 16.3. The van der Waals surface area contributed by atoms with Crippen LogP contribution in [-0.2, 0) is 0 Å². The lowest BCUT2D eigenvalue weighted by molar-refractivity contribution is -0.0000761. The van der Waals surface area contributed by atoms with Gasteiger partial charge in [0.1, 0.15) is 0 Å². The van der Waals surface area contributed by atoms with E-state index >= 15 is 0 Å². The number of β-amino-alcohol motifs (C(OH)–C–C–N with tert-alkyl or cyclic N) is 1. The van der Waals surface area contributed by atoms with E-state index in [0.29, 0.717) is 19.1 Å². The summed E-state index contributed by atoms with van der Waals surface area (Å²) in [6.45, 7) is 8.50. The minimum atomic E-state index is -0.727. The molecule has 0 aliphatic carbocycles. The third-order valence-corrected chi connectivity index (χ3v) is 3.26. The Morgan fingerprint density at radius 2 is 2.14 bits per heavy atom. The van der Waals surface area contributed by atoms with Gasteiger partial charge in [-0.15, -0.1) is 0 Å². The second-order valence-electron chi connectivity index (χ2n) is 5.15. The molecule has 1 aliphatic heterocycles. The average Bonchev–Trinajstić information content (AvgIpc) is 2.10. The number of nitrogens with two attached hydrogens (primary N) is 1. The van der Waals surface area contributed by atoms with Gasteiger partial charge in [-0.3, -0.25) is 4.90 Å². The van der Waals surface area contributed by atoms with Crippen molar-refractivity contribution in [3.8, 4) is 0 Å². The smallest absolute Gasteiger partial charge is 0.0867 e. The third kappa shape index (κ3) is 3.23. The molecule has 0 aromatic rings. The summed E-state index contributed by atoms with van der Waals surface area (Å²) in [5.41, 5.74) is 4.79. The number of piperidine rings is 1. The molecule has 0 radical (unpaired) electrons. The van der Waals surface area contributed by atoms with Gasteiger partial charge < -0.3 is 10.8 Å². The number of hydrogen-bond donors (Lipinski definition) is 2. The zero-order valence-electron chi connectivity index (χ0n) is 9.66. The lowest BCUT2D eigenvalue weighted by Gasteiger charge is -2.40. The predicted octanol–water partition coefficient (Wildman–Crippen LogP) is 0.816. The lowest BCUT2D eigenvalue weighted by atomic mass is 9.92. The summed E-state index contributed by atoms with van der Waals surface area (Å²) in [7, 11) is 0. The molecule has 0 amide bonds. The standard InChI is InChI=1S/C11H24N2O/c1-9-4-5-13(10(2)6-9)8-11(3,14)7-12/h9-10,14H,4-8,12H2,1-3H3. The lowest BCUT2D eigenvalue weighted by Crippen LogP contribution is -2.51. The van der Waals surface area contributed by atoms with Crippen molar-refractivity contribution in [3.63, 3.8) is 0 Å². The van der Waals surface area contributed by atoms with Gasteiger partial charge in [-0.2, -0.15) is 0 Å². The minimum Gasteiger partial charge on any atom is -0.388 e. The normalized spacial score (nSPS) is 34.1. The maximum atomic E-state index is 9.89. The van der Waals surface area contributed by atoms with Gasteiger partial charge >= 0.3 is 0 Å². The maximum Gasteiger partial charge on any atom is 0.0867 e. The van der Waals surface area contributed by atoms with Crippen LogP contribution in [0.4, 0.5) is 0 Å². The summed E-state index contributed by atoms with van der Waals surface area (Å²) in [5, 5.41) is 9.89. The van der Waals surface area contributed by atoms with Crippen LogP contribution in [0.2, 0.25) is 0 Å². The van der Waals surface area contributed by atoms with Crippen molar-refractivity contribution in [2.75, 3.05) is 19.6 Å². The third-order valence-electron chi connectivity index (χ3n) is 3.26. The van der Waals surface area contributed by atoms with Gasteiger partial charge in [0.15, 0.2) is 0 Å². The van der Waals surface area contributed by atoms with E-state index in [1.54, 1.807) is 0 Å². The molecule has 0 saturated carbocycles. The zero-order valence-corrected chi connectivity index (χ0v) is 9.66. The largest absolute Gasteiger partial charge is 0.388 e. The molecule has 0 bridgehead atoms. The molecular formula is C11H24N2O. The van der Waals surface area contributed by atoms with Crippen molar-refractivity contribution in [2.24, 2.45) is 11.7 Å². The number of hydrogen-bond acceptors (Lipinski definition) is 3. The van der Waals surface area contributed by atoms with Crippen LogP contribution in [0, 0.1) is 5.92 Å². The van der Waals surface area contributed by atoms with Crippen molar-refractivity contribution >= 4 is 0 Å². The van der Waals surface area contributed by atoms with Crippen molar-refractivity contribution in [1.29, 1.82) is 0 Å². The van der Waals surface area contributed by atoms with Gasteiger partial charge in [0.2, 0.25) is 0 Å². The fourth-order valence-corrected chi connectivity index (χ4v) is 2.19. The summed E-state index contributed by atoms with van der Waals surface area (Å²) in [6, 6.07) is 0.580. The van der Waals surface area contributed by atoms with E-state index in [4.69, 9.17) is 5.73 Å². The number of likely N-dealkylation sites (tertiary alicyclic amines) is 1. The molecule has 3 nitrogen and oxygen atoms in total. The molecule has 14 heavy (non-hydrogen) atoms. The first-order valence-electron chi connectivity index (χ1n) is 5.61. The van der Waals surface area contributed by atoms with E-state index in [9.17, 15) is 5.11 Å². The number of rotatable bonds is 3. The van der Waals surface area contributed by atoms with Crippen molar-refractivity contribution in [3.05, 3.63) is 0 Å². The number of nitrogens with zero attached hydrogens (tertiary/aromatic N) is 1. The first-order chi connectivity index (χ1) is 6.44. The van der Waals surface area contributed by atoms with Crippen molar-refractivity contribution < 1.29 is 5.11 Å². The predicted molar refractivity (Wildman–Crippen MR) is 59.1 cm³/mol. The van der Waals surface area contributed by atoms with E-state index in [1.807, 2.05) is 6.92 Å². The molecule has 3 atom stereocenters. The van der Waals surface area contributed by atoms with E-state index < -0.39 is 5.60 Å². The van der Waals surface area contributed by atoms with Crippen molar-refractivity contribution in [1.82, 2.24) is 4.90 Å². The summed E-state index contributed by atoms with van der Waals surface area (Å²) in [6.07, 6.45) is 2.48. The summed E-state index contributed by atoms with van der Waals surface area (Å²) >= 11 is 0. The van der Waals surface area contributed by atoms with Crippen LogP contribution in [0.25, 0.3) is 0 Å². The molecule has 0 aromatic carbocycles. The van der Waals surface area contributed by atoms with Crippen LogP contribution in [0.1, 0.15) is 33.6 Å². The maximum absolute atomic E-state index is 9.89. The topological polar surface area (TPSA) is 49.5 Å². The van der Waals surface area contributed by atoms with Crippen LogP contribution in [0.3, 0.4) is 0 Å². The Morgan fingerprint density at radius 3 is 2.64 bits per heavy atom. The molecule has 1 aliphatic rings. The second kappa shape index (κ2) is 4.60. The molecule has 0 aromatic heterocycles. The monoisotopic (exact) mass is 200 g/mol. The van der Waals surface area contributed by atoms with E-state index in [-0.39, 0.29) is 0 Å². The molecule has 84 valence electrons. The zero-order chi connectivity index (χ0) is 10.8. The summed E-state index contributed by atoms with van der Waals surface area (Å²) < 4.78 is 0. The molecule has 3 unspecified atom stereocenters. The Kier molecular flexibility index (Phi) is 3.93. The number of aliphatic hydroxyl groups is 1. The Hall–Kier alpha value is -0.120. The van der Waals surface area contributed by atoms with Crippen LogP contribution in [0.15, 0.2) is 0 Å². The fourth-order valence-electron chi connectivity index (χ4n) is 2.19.